The van der Waals surface area contributed by atoms with Gasteiger partial charge in [0.15, 0.2) is 0 Å². The van der Waals surface area contributed by atoms with Gasteiger partial charge in [0.05, 0.1) is 18.0 Å². The lowest BCUT2D eigenvalue weighted by Crippen LogP contribution is -2.25. The minimum Gasteiger partial charge on any atom is -0.397 e. The third-order valence-corrected chi connectivity index (χ3v) is 2.91. The second-order valence-electron chi connectivity index (χ2n) is 4.47. The zero-order chi connectivity index (χ0) is 14.3. The molecule has 1 rings (SSSR count). The maximum absolute atomic E-state index is 11.5. The lowest BCUT2D eigenvalue weighted by atomic mass is 10.1. The molecule has 0 fully saturated rings. The largest absolute Gasteiger partial charge is 0.397 e. The predicted molar refractivity (Wildman–Crippen MR) is 78.4 cm³/mol. The van der Waals surface area contributed by atoms with Crippen molar-refractivity contribution in [3.05, 3.63) is 23.8 Å². The van der Waals surface area contributed by atoms with E-state index in [2.05, 4.69) is 17.6 Å². The maximum atomic E-state index is 11.5. The van der Waals surface area contributed by atoms with Crippen molar-refractivity contribution in [2.75, 3.05) is 31.8 Å². The molecule has 0 aromatic heterocycles. The van der Waals surface area contributed by atoms with Crippen molar-refractivity contribution in [2.45, 2.75) is 25.8 Å². The normalized spacial score (nSPS) is 11.9. The quantitative estimate of drug-likeness (QED) is 0.658. The Bertz CT molecular complexity index is 415. The van der Waals surface area contributed by atoms with Gasteiger partial charge in [0.1, 0.15) is 0 Å². The third-order valence-electron chi connectivity index (χ3n) is 2.91. The highest BCUT2D eigenvalue weighted by atomic mass is 16.5. The SMILES string of the molecule is CCCC(COC)Nc1ccc(C(=O)NC)cc1N. The number of hydrogen-bond acceptors (Lipinski definition) is 4. The molecule has 0 aliphatic heterocycles. The van der Waals surface area contributed by atoms with Crippen molar-refractivity contribution in [2.24, 2.45) is 0 Å². The van der Waals surface area contributed by atoms with Gasteiger partial charge in [-0.05, 0) is 24.6 Å². The van der Waals surface area contributed by atoms with Gasteiger partial charge in [0, 0.05) is 25.8 Å². The summed E-state index contributed by atoms with van der Waals surface area (Å²) < 4.78 is 5.18. The van der Waals surface area contributed by atoms with Crippen molar-refractivity contribution in [1.82, 2.24) is 5.32 Å². The second-order valence-corrected chi connectivity index (χ2v) is 4.47. The Hall–Kier alpha value is -1.75. The second kappa shape index (κ2) is 7.63. The maximum Gasteiger partial charge on any atom is 0.251 e. The van der Waals surface area contributed by atoms with E-state index in [0.29, 0.717) is 17.9 Å². The molecule has 19 heavy (non-hydrogen) atoms. The molecule has 0 saturated heterocycles. The van der Waals surface area contributed by atoms with E-state index >= 15 is 0 Å². The monoisotopic (exact) mass is 265 g/mol. The molecular formula is C14H23N3O2. The average Bonchev–Trinajstić information content (AvgIpc) is 2.40. The van der Waals surface area contributed by atoms with E-state index < -0.39 is 0 Å². The van der Waals surface area contributed by atoms with Crippen LogP contribution in [0.25, 0.3) is 0 Å². The average molecular weight is 265 g/mol. The van der Waals surface area contributed by atoms with Crippen LogP contribution in [0.2, 0.25) is 0 Å². The number of amides is 1. The van der Waals surface area contributed by atoms with Crippen LogP contribution in [0, 0.1) is 0 Å². The van der Waals surface area contributed by atoms with Crippen LogP contribution in [0.1, 0.15) is 30.1 Å². The fourth-order valence-corrected chi connectivity index (χ4v) is 1.95. The number of rotatable bonds is 7. The van der Waals surface area contributed by atoms with Crippen molar-refractivity contribution < 1.29 is 9.53 Å². The molecule has 0 heterocycles. The molecule has 1 atom stereocenters. The molecule has 1 aromatic carbocycles. The van der Waals surface area contributed by atoms with E-state index in [1.165, 1.54) is 0 Å². The van der Waals surface area contributed by atoms with E-state index in [9.17, 15) is 4.79 Å². The van der Waals surface area contributed by atoms with E-state index in [4.69, 9.17) is 10.5 Å². The molecule has 5 heteroatoms. The zero-order valence-electron chi connectivity index (χ0n) is 11.8. The Balaban J connectivity index is 2.80. The predicted octanol–water partition coefficient (Wildman–Crippen LogP) is 1.86. The minimum atomic E-state index is -0.139. The van der Waals surface area contributed by atoms with Crippen LogP contribution in [0.5, 0.6) is 0 Å². The first-order valence-electron chi connectivity index (χ1n) is 6.49. The zero-order valence-corrected chi connectivity index (χ0v) is 11.8. The molecule has 0 aliphatic carbocycles. The number of ether oxygens (including phenoxy) is 1. The van der Waals surface area contributed by atoms with Gasteiger partial charge in [0.2, 0.25) is 0 Å². The van der Waals surface area contributed by atoms with Gasteiger partial charge >= 0.3 is 0 Å². The van der Waals surface area contributed by atoms with Gasteiger partial charge in [-0.15, -0.1) is 0 Å². The minimum absolute atomic E-state index is 0.139. The lowest BCUT2D eigenvalue weighted by molar-refractivity contribution is 0.0963. The van der Waals surface area contributed by atoms with Gasteiger partial charge in [-0.1, -0.05) is 13.3 Å². The molecule has 0 aliphatic rings. The van der Waals surface area contributed by atoms with Crippen LogP contribution in [0.3, 0.4) is 0 Å². The van der Waals surface area contributed by atoms with Crippen LogP contribution in [-0.4, -0.2) is 32.7 Å². The highest BCUT2D eigenvalue weighted by molar-refractivity contribution is 5.95. The Morgan fingerprint density at radius 3 is 2.74 bits per heavy atom. The van der Waals surface area contributed by atoms with E-state index in [1.54, 1.807) is 26.3 Å². The summed E-state index contributed by atoms with van der Waals surface area (Å²) in [5, 5.41) is 5.93. The standard InChI is InChI=1S/C14H23N3O2/c1-4-5-11(9-19-3)17-13-7-6-10(8-12(13)15)14(18)16-2/h6-8,11,17H,4-5,9,15H2,1-3H3,(H,16,18). The lowest BCUT2D eigenvalue weighted by Gasteiger charge is -2.20. The number of carbonyl (C=O) groups excluding carboxylic acids is 1. The molecule has 1 unspecified atom stereocenters. The summed E-state index contributed by atoms with van der Waals surface area (Å²) in [6.07, 6.45) is 2.07. The summed E-state index contributed by atoms with van der Waals surface area (Å²) in [4.78, 5) is 11.5. The fraction of sp³-hybridized carbons (Fsp3) is 0.500. The van der Waals surface area contributed by atoms with Crippen molar-refractivity contribution in [3.63, 3.8) is 0 Å². The van der Waals surface area contributed by atoms with Crippen LogP contribution >= 0.6 is 0 Å². The molecule has 1 aromatic rings. The number of nitrogens with one attached hydrogen (secondary N) is 2. The fourth-order valence-electron chi connectivity index (χ4n) is 1.95. The summed E-state index contributed by atoms with van der Waals surface area (Å²) >= 11 is 0. The van der Waals surface area contributed by atoms with Gasteiger partial charge in [0.25, 0.3) is 5.91 Å². The van der Waals surface area contributed by atoms with Gasteiger partial charge < -0.3 is 21.1 Å². The number of nitrogen functional groups attached to an aromatic ring is 1. The van der Waals surface area contributed by atoms with Crippen LogP contribution in [0.4, 0.5) is 11.4 Å². The Morgan fingerprint density at radius 2 is 2.21 bits per heavy atom. The van der Waals surface area contributed by atoms with Crippen molar-refractivity contribution in [1.29, 1.82) is 0 Å². The number of carbonyl (C=O) groups is 1. The molecule has 0 spiro atoms. The molecule has 0 bridgehead atoms. The van der Waals surface area contributed by atoms with Crippen molar-refractivity contribution in [3.8, 4) is 0 Å². The molecule has 4 N–H and O–H groups in total. The first-order valence-corrected chi connectivity index (χ1v) is 6.49. The Labute approximate surface area is 114 Å². The van der Waals surface area contributed by atoms with Crippen LogP contribution in [-0.2, 0) is 4.74 Å². The van der Waals surface area contributed by atoms with Crippen LogP contribution in [0.15, 0.2) is 18.2 Å². The number of methoxy groups -OCH3 is 1. The molecular weight excluding hydrogens is 242 g/mol. The Morgan fingerprint density at radius 1 is 1.47 bits per heavy atom. The first kappa shape index (κ1) is 15.3. The number of nitrogens with two attached hydrogens (primary N) is 1. The number of benzene rings is 1. The van der Waals surface area contributed by atoms with Gasteiger partial charge in [-0.2, -0.15) is 0 Å². The molecule has 0 saturated carbocycles. The van der Waals surface area contributed by atoms with E-state index in [-0.39, 0.29) is 11.9 Å². The summed E-state index contributed by atoms with van der Waals surface area (Å²) in [6, 6.07) is 5.49. The third kappa shape index (κ3) is 4.44. The van der Waals surface area contributed by atoms with E-state index in [0.717, 1.165) is 18.5 Å². The van der Waals surface area contributed by atoms with Gasteiger partial charge in [-0.3, -0.25) is 4.79 Å². The topological polar surface area (TPSA) is 76.4 Å². The molecule has 106 valence electrons. The smallest absolute Gasteiger partial charge is 0.251 e. The molecule has 5 nitrogen and oxygen atoms in total. The van der Waals surface area contributed by atoms with E-state index in [1.807, 2.05) is 6.07 Å². The number of hydrogen-bond donors (Lipinski definition) is 3. The summed E-state index contributed by atoms with van der Waals surface area (Å²) in [6.45, 7) is 2.76. The summed E-state index contributed by atoms with van der Waals surface area (Å²) in [5.41, 5.74) is 7.93. The highest BCUT2D eigenvalue weighted by Gasteiger charge is 2.11. The van der Waals surface area contributed by atoms with Crippen LogP contribution < -0.4 is 16.4 Å². The van der Waals surface area contributed by atoms with Crippen molar-refractivity contribution >= 4 is 17.3 Å². The van der Waals surface area contributed by atoms with Gasteiger partial charge in [-0.25, -0.2) is 0 Å². The summed E-state index contributed by atoms with van der Waals surface area (Å²) in [5.74, 6) is -0.139. The first-order chi connectivity index (χ1) is 9.12. The number of anilines is 2. The Kier molecular flexibility index (Phi) is 6.15. The molecule has 0 radical (unpaired) electrons. The highest BCUT2D eigenvalue weighted by Crippen LogP contribution is 2.21. The summed E-state index contributed by atoms with van der Waals surface area (Å²) in [7, 11) is 3.28. The molecule has 1 amide bonds.